The van der Waals surface area contributed by atoms with Crippen molar-refractivity contribution in [2.75, 3.05) is 6.54 Å². The van der Waals surface area contributed by atoms with Crippen LogP contribution in [0.4, 0.5) is 0 Å². The Bertz CT molecular complexity index is 910. The number of sulfonamides is 1. The zero-order valence-electron chi connectivity index (χ0n) is 13.7. The van der Waals surface area contributed by atoms with Crippen molar-refractivity contribution in [3.63, 3.8) is 0 Å². The molecule has 0 radical (unpaired) electrons. The van der Waals surface area contributed by atoms with Crippen LogP contribution in [0.25, 0.3) is 0 Å². The fourth-order valence-corrected chi connectivity index (χ4v) is 4.38. The molecule has 130 valence electrons. The van der Waals surface area contributed by atoms with Crippen molar-refractivity contribution < 1.29 is 18.0 Å². The summed E-state index contributed by atoms with van der Waals surface area (Å²) in [4.78, 5) is 24.5. The van der Waals surface area contributed by atoms with E-state index in [-0.39, 0.29) is 16.5 Å². The molecular formula is C18H18N2O4S. The van der Waals surface area contributed by atoms with Crippen molar-refractivity contribution in [1.82, 2.24) is 9.62 Å². The maximum Gasteiger partial charge on any atom is 0.269 e. The average molecular weight is 358 g/mol. The molecule has 0 fully saturated rings. The quantitative estimate of drug-likeness (QED) is 0.880. The Hall–Kier alpha value is -2.67. The van der Waals surface area contributed by atoms with E-state index in [1.165, 1.54) is 12.1 Å². The maximum absolute atomic E-state index is 12.4. The lowest BCUT2D eigenvalue weighted by molar-refractivity contribution is -0.121. The number of carbonyl (C=O) groups is 2. The van der Waals surface area contributed by atoms with Crippen molar-refractivity contribution in [3.8, 4) is 0 Å². The van der Waals surface area contributed by atoms with Gasteiger partial charge in [0.05, 0.1) is 5.56 Å². The summed E-state index contributed by atoms with van der Waals surface area (Å²) in [6.07, 6.45) is 0.619. The van der Waals surface area contributed by atoms with Gasteiger partial charge in [-0.15, -0.1) is 0 Å². The average Bonchev–Trinajstić information content (AvgIpc) is 2.77. The molecule has 0 saturated heterocycles. The number of amides is 2. The van der Waals surface area contributed by atoms with Crippen LogP contribution >= 0.6 is 0 Å². The number of carbonyl (C=O) groups excluding carboxylic acids is 2. The molecule has 7 heteroatoms. The van der Waals surface area contributed by atoms with Gasteiger partial charge in [-0.1, -0.05) is 42.5 Å². The van der Waals surface area contributed by atoms with Crippen molar-refractivity contribution in [2.45, 2.75) is 24.3 Å². The van der Waals surface area contributed by atoms with E-state index in [1.54, 1.807) is 12.1 Å². The second-order valence-corrected chi connectivity index (χ2v) is 7.80. The third-order valence-corrected chi connectivity index (χ3v) is 5.78. The molecule has 0 aromatic heterocycles. The lowest BCUT2D eigenvalue weighted by Gasteiger charge is -2.18. The third kappa shape index (κ3) is 3.41. The number of fused-ring (bicyclic) bond motifs is 1. The van der Waals surface area contributed by atoms with Gasteiger partial charge in [0.2, 0.25) is 5.91 Å². The van der Waals surface area contributed by atoms with E-state index in [9.17, 15) is 18.0 Å². The minimum Gasteiger partial charge on any atom is -0.352 e. The molecule has 0 aliphatic carbocycles. The van der Waals surface area contributed by atoms with Gasteiger partial charge in [-0.2, -0.15) is 0 Å². The molecule has 2 aromatic rings. The standard InChI is InChI=1S/C18H18N2O4S/c1-13(11-14-7-3-2-4-8-14)19-17(21)12-20-18(22)15-9-5-6-10-16(15)25(20,23)24/h2-10,13H,11-12H2,1H3,(H,19,21)/t13-/m0/s1. The Morgan fingerprint density at radius 2 is 1.72 bits per heavy atom. The molecule has 1 heterocycles. The van der Waals surface area contributed by atoms with Crippen LogP contribution < -0.4 is 5.32 Å². The molecule has 0 spiro atoms. The molecule has 2 aromatic carbocycles. The summed E-state index contributed by atoms with van der Waals surface area (Å²) in [6, 6.07) is 15.4. The first kappa shape index (κ1) is 17.2. The summed E-state index contributed by atoms with van der Waals surface area (Å²) in [5.41, 5.74) is 1.17. The molecule has 1 atom stereocenters. The molecule has 0 unspecified atom stereocenters. The summed E-state index contributed by atoms with van der Waals surface area (Å²) in [5.74, 6) is -1.17. The number of nitrogens with zero attached hydrogens (tertiary/aromatic N) is 1. The van der Waals surface area contributed by atoms with Crippen LogP contribution in [-0.4, -0.2) is 37.1 Å². The highest BCUT2D eigenvalue weighted by molar-refractivity contribution is 7.90. The Kier molecular flexibility index (Phi) is 4.59. The number of benzene rings is 2. The van der Waals surface area contributed by atoms with Gasteiger partial charge in [-0.05, 0) is 31.0 Å². The van der Waals surface area contributed by atoms with Gasteiger partial charge < -0.3 is 5.32 Å². The van der Waals surface area contributed by atoms with Gasteiger partial charge in [0.1, 0.15) is 11.4 Å². The highest BCUT2D eigenvalue weighted by Crippen LogP contribution is 2.29. The highest BCUT2D eigenvalue weighted by Gasteiger charge is 2.41. The van der Waals surface area contributed by atoms with Gasteiger partial charge in [-0.3, -0.25) is 9.59 Å². The Morgan fingerprint density at radius 1 is 1.08 bits per heavy atom. The Labute approximate surface area is 146 Å². The van der Waals surface area contributed by atoms with Gasteiger partial charge in [0.15, 0.2) is 0 Å². The largest absolute Gasteiger partial charge is 0.352 e. The van der Waals surface area contributed by atoms with Crippen molar-refractivity contribution in [2.24, 2.45) is 0 Å². The number of nitrogens with one attached hydrogen (secondary N) is 1. The monoisotopic (exact) mass is 358 g/mol. The molecule has 25 heavy (non-hydrogen) atoms. The fraction of sp³-hybridized carbons (Fsp3) is 0.222. The van der Waals surface area contributed by atoms with Crippen LogP contribution in [0.1, 0.15) is 22.8 Å². The summed E-state index contributed by atoms with van der Waals surface area (Å²) in [5, 5.41) is 2.74. The van der Waals surface area contributed by atoms with Crippen molar-refractivity contribution in [3.05, 3.63) is 65.7 Å². The van der Waals surface area contributed by atoms with Crippen LogP contribution in [0.15, 0.2) is 59.5 Å². The lowest BCUT2D eigenvalue weighted by atomic mass is 10.1. The van der Waals surface area contributed by atoms with Gasteiger partial charge in [-0.25, -0.2) is 12.7 Å². The third-order valence-electron chi connectivity index (χ3n) is 3.99. The lowest BCUT2D eigenvalue weighted by Crippen LogP contribution is -2.43. The van der Waals surface area contributed by atoms with Gasteiger partial charge >= 0.3 is 0 Å². The number of hydrogen-bond donors (Lipinski definition) is 1. The highest BCUT2D eigenvalue weighted by atomic mass is 32.2. The van der Waals surface area contributed by atoms with Crippen molar-refractivity contribution >= 4 is 21.8 Å². The topological polar surface area (TPSA) is 83.6 Å². The number of hydrogen-bond acceptors (Lipinski definition) is 4. The zero-order valence-corrected chi connectivity index (χ0v) is 14.5. The zero-order chi connectivity index (χ0) is 18.0. The van der Waals surface area contributed by atoms with E-state index >= 15 is 0 Å². The maximum atomic E-state index is 12.4. The van der Waals surface area contributed by atoms with Crippen LogP contribution in [0.2, 0.25) is 0 Å². The first-order valence-corrected chi connectivity index (χ1v) is 9.33. The van der Waals surface area contributed by atoms with Crippen LogP contribution in [0, 0.1) is 0 Å². The first-order valence-electron chi connectivity index (χ1n) is 7.89. The van der Waals surface area contributed by atoms with E-state index in [1.807, 2.05) is 37.3 Å². The predicted molar refractivity (Wildman–Crippen MR) is 92.4 cm³/mol. The summed E-state index contributed by atoms with van der Waals surface area (Å²) >= 11 is 0. The predicted octanol–water partition coefficient (Wildman–Crippen LogP) is 1.58. The summed E-state index contributed by atoms with van der Waals surface area (Å²) in [6.45, 7) is 1.31. The first-order chi connectivity index (χ1) is 11.9. The van der Waals surface area contributed by atoms with Crippen LogP contribution in [0.3, 0.4) is 0 Å². The Balaban J connectivity index is 1.67. The summed E-state index contributed by atoms with van der Waals surface area (Å²) in [7, 11) is -3.96. The molecule has 0 saturated carbocycles. The molecule has 0 bridgehead atoms. The second-order valence-electron chi connectivity index (χ2n) is 5.97. The molecule has 6 nitrogen and oxygen atoms in total. The van der Waals surface area contributed by atoms with E-state index in [0.717, 1.165) is 5.56 Å². The molecule has 1 N–H and O–H groups in total. The fourth-order valence-electron chi connectivity index (χ4n) is 2.86. The van der Waals surface area contributed by atoms with E-state index in [2.05, 4.69) is 5.32 Å². The van der Waals surface area contributed by atoms with Crippen molar-refractivity contribution in [1.29, 1.82) is 0 Å². The molecule has 3 rings (SSSR count). The minimum atomic E-state index is -3.96. The molecule has 1 aliphatic rings. The SMILES string of the molecule is C[C@@H](Cc1ccccc1)NC(=O)CN1C(=O)c2ccccc2S1(=O)=O. The van der Waals surface area contributed by atoms with E-state index < -0.39 is 28.4 Å². The van der Waals surface area contributed by atoms with Crippen LogP contribution in [-0.2, 0) is 21.2 Å². The number of rotatable bonds is 5. The molecule has 2 amide bonds. The Morgan fingerprint density at radius 3 is 2.40 bits per heavy atom. The van der Waals surface area contributed by atoms with E-state index in [0.29, 0.717) is 10.7 Å². The summed E-state index contributed by atoms with van der Waals surface area (Å²) < 4.78 is 25.5. The van der Waals surface area contributed by atoms with Gasteiger partial charge in [0.25, 0.3) is 15.9 Å². The molecule has 1 aliphatic heterocycles. The smallest absolute Gasteiger partial charge is 0.269 e. The minimum absolute atomic E-state index is 0.0508. The van der Waals surface area contributed by atoms with Crippen LogP contribution in [0.5, 0.6) is 0 Å². The normalized spacial score (nSPS) is 16.4. The van der Waals surface area contributed by atoms with E-state index in [4.69, 9.17) is 0 Å². The molecular weight excluding hydrogens is 340 g/mol. The van der Waals surface area contributed by atoms with Gasteiger partial charge in [0, 0.05) is 6.04 Å². The second kappa shape index (κ2) is 6.68.